The molecule has 0 spiro atoms. The average Bonchev–Trinajstić information content (AvgIpc) is 2.17. The average molecular weight is 193 g/mol. The third kappa shape index (κ3) is 1.31. The summed E-state index contributed by atoms with van der Waals surface area (Å²) in [5.74, 6) is 0. The Morgan fingerprint density at radius 1 is 1.57 bits per heavy atom. The fourth-order valence-electron chi connectivity index (χ4n) is 1.27. The number of fused-ring (bicyclic) bond motifs is 1. The van der Waals surface area contributed by atoms with Crippen molar-refractivity contribution >= 4 is 17.7 Å². The Morgan fingerprint density at radius 2 is 2.36 bits per heavy atom. The van der Waals surface area contributed by atoms with E-state index in [1.165, 1.54) is 24.5 Å². The molecule has 1 aliphatic rings. The summed E-state index contributed by atoms with van der Waals surface area (Å²) < 4.78 is 0. The van der Waals surface area contributed by atoms with Crippen LogP contribution in [0, 0.1) is 10.1 Å². The van der Waals surface area contributed by atoms with E-state index in [2.05, 4.69) is 10.3 Å². The van der Waals surface area contributed by atoms with Crippen molar-refractivity contribution in [1.29, 1.82) is 0 Å². The van der Waals surface area contributed by atoms with Crippen LogP contribution in [0.1, 0.15) is 11.8 Å². The van der Waals surface area contributed by atoms with E-state index < -0.39 is 11.2 Å². The molecule has 0 amide bonds. The number of aliphatic hydroxyl groups excluding tert-OH is 1. The predicted molar refractivity (Wildman–Crippen MR) is 50.2 cm³/mol. The van der Waals surface area contributed by atoms with E-state index in [1.807, 2.05) is 0 Å². The van der Waals surface area contributed by atoms with Gasteiger partial charge in [-0.25, -0.2) is 4.99 Å². The van der Waals surface area contributed by atoms with E-state index in [9.17, 15) is 15.2 Å². The number of non-ortho nitro benzene ring substituents is 1. The lowest BCUT2D eigenvalue weighted by molar-refractivity contribution is -0.384. The minimum Gasteiger partial charge on any atom is -0.368 e. The van der Waals surface area contributed by atoms with Crippen molar-refractivity contribution in [3.63, 3.8) is 0 Å². The zero-order valence-electron chi connectivity index (χ0n) is 7.04. The second-order valence-corrected chi connectivity index (χ2v) is 2.82. The van der Waals surface area contributed by atoms with Gasteiger partial charge in [-0.2, -0.15) is 0 Å². The number of hydrogen-bond donors (Lipinski definition) is 2. The minimum absolute atomic E-state index is 0.0150. The van der Waals surface area contributed by atoms with Crippen molar-refractivity contribution in [3.8, 4) is 0 Å². The van der Waals surface area contributed by atoms with Gasteiger partial charge < -0.3 is 10.4 Å². The normalized spacial score (nSPS) is 18.5. The van der Waals surface area contributed by atoms with Gasteiger partial charge in [0, 0.05) is 17.7 Å². The molecule has 0 aliphatic carbocycles. The van der Waals surface area contributed by atoms with Crippen LogP contribution in [0.2, 0.25) is 0 Å². The molecule has 2 N–H and O–H groups in total. The van der Waals surface area contributed by atoms with Crippen molar-refractivity contribution in [2.45, 2.75) is 6.23 Å². The molecule has 0 fully saturated rings. The van der Waals surface area contributed by atoms with Crippen LogP contribution in [-0.4, -0.2) is 16.4 Å². The highest BCUT2D eigenvalue weighted by Crippen LogP contribution is 2.29. The molecule has 1 aliphatic heterocycles. The van der Waals surface area contributed by atoms with Gasteiger partial charge >= 0.3 is 0 Å². The SMILES string of the molecule is O=[N+]([O-])c1ccc2c(c1)NC=NC2O. The number of hydrogen-bond acceptors (Lipinski definition) is 5. The van der Waals surface area contributed by atoms with Crippen LogP contribution in [0.5, 0.6) is 0 Å². The molecule has 1 unspecified atom stereocenters. The van der Waals surface area contributed by atoms with Crippen molar-refractivity contribution in [1.82, 2.24) is 0 Å². The summed E-state index contributed by atoms with van der Waals surface area (Å²) in [6, 6.07) is 4.19. The highest BCUT2D eigenvalue weighted by atomic mass is 16.6. The topological polar surface area (TPSA) is 87.8 Å². The first-order valence-electron chi connectivity index (χ1n) is 3.93. The molecule has 2 rings (SSSR count). The molecule has 0 saturated carbocycles. The summed E-state index contributed by atoms with van der Waals surface area (Å²) in [6.07, 6.45) is 0.378. The van der Waals surface area contributed by atoms with Crippen molar-refractivity contribution in [2.24, 2.45) is 4.99 Å². The molecule has 1 heterocycles. The Labute approximate surface area is 79.0 Å². The first-order chi connectivity index (χ1) is 6.68. The third-order valence-corrected chi connectivity index (χ3v) is 1.96. The summed E-state index contributed by atoms with van der Waals surface area (Å²) in [6.45, 7) is 0. The van der Waals surface area contributed by atoms with E-state index in [0.717, 1.165) is 0 Å². The van der Waals surface area contributed by atoms with Gasteiger partial charge in [0.25, 0.3) is 5.69 Å². The van der Waals surface area contributed by atoms with Gasteiger partial charge in [0.05, 0.1) is 16.9 Å². The van der Waals surface area contributed by atoms with Crippen LogP contribution in [0.25, 0.3) is 0 Å². The molecular weight excluding hydrogens is 186 g/mol. The quantitative estimate of drug-likeness (QED) is 0.515. The van der Waals surface area contributed by atoms with E-state index in [4.69, 9.17) is 0 Å². The summed E-state index contributed by atoms with van der Waals surface area (Å²) in [5, 5.41) is 22.6. The van der Waals surface area contributed by atoms with Gasteiger partial charge in [0.2, 0.25) is 0 Å². The van der Waals surface area contributed by atoms with Crippen LogP contribution >= 0.6 is 0 Å². The second kappa shape index (κ2) is 3.08. The van der Waals surface area contributed by atoms with Crippen molar-refractivity contribution in [3.05, 3.63) is 33.9 Å². The molecule has 6 nitrogen and oxygen atoms in total. The van der Waals surface area contributed by atoms with Crippen LogP contribution < -0.4 is 5.32 Å². The molecule has 0 radical (unpaired) electrons. The molecule has 0 bridgehead atoms. The number of rotatable bonds is 1. The Morgan fingerprint density at radius 3 is 3.07 bits per heavy atom. The zero-order valence-corrected chi connectivity index (χ0v) is 7.04. The molecule has 6 heteroatoms. The standard InChI is InChI=1S/C8H7N3O3/c12-8-6-2-1-5(11(13)14)3-7(6)9-4-10-8/h1-4,8,12H,(H,9,10). The number of anilines is 1. The Balaban J connectivity index is 2.47. The molecule has 1 aromatic rings. The number of benzene rings is 1. The highest BCUT2D eigenvalue weighted by Gasteiger charge is 2.17. The van der Waals surface area contributed by atoms with E-state index >= 15 is 0 Å². The monoisotopic (exact) mass is 193 g/mol. The fraction of sp³-hybridized carbons (Fsp3) is 0.125. The Hall–Kier alpha value is -1.95. The van der Waals surface area contributed by atoms with E-state index in [1.54, 1.807) is 0 Å². The van der Waals surface area contributed by atoms with Crippen LogP contribution in [0.3, 0.4) is 0 Å². The minimum atomic E-state index is -0.938. The van der Waals surface area contributed by atoms with E-state index in [-0.39, 0.29) is 5.69 Å². The molecule has 14 heavy (non-hydrogen) atoms. The summed E-state index contributed by atoms with van der Waals surface area (Å²) in [4.78, 5) is 13.7. The van der Waals surface area contributed by atoms with Crippen molar-refractivity contribution < 1.29 is 10.0 Å². The number of nitro groups is 1. The zero-order chi connectivity index (χ0) is 10.1. The largest absolute Gasteiger partial charge is 0.368 e. The molecule has 0 saturated heterocycles. The molecular formula is C8H7N3O3. The molecule has 0 aromatic heterocycles. The van der Waals surface area contributed by atoms with Crippen molar-refractivity contribution in [2.75, 3.05) is 5.32 Å². The highest BCUT2D eigenvalue weighted by molar-refractivity contribution is 5.81. The second-order valence-electron chi connectivity index (χ2n) is 2.82. The van der Waals surface area contributed by atoms with Gasteiger partial charge in [-0.3, -0.25) is 10.1 Å². The van der Waals surface area contributed by atoms with E-state index in [0.29, 0.717) is 11.3 Å². The van der Waals surface area contributed by atoms with Gasteiger partial charge in [0.15, 0.2) is 6.23 Å². The third-order valence-electron chi connectivity index (χ3n) is 1.96. The van der Waals surface area contributed by atoms with Gasteiger partial charge in [0.1, 0.15) is 0 Å². The summed E-state index contributed by atoms with van der Waals surface area (Å²) >= 11 is 0. The first kappa shape index (κ1) is 8.64. The van der Waals surface area contributed by atoms with Crippen LogP contribution in [0.4, 0.5) is 11.4 Å². The lowest BCUT2D eigenvalue weighted by atomic mass is 10.1. The maximum absolute atomic E-state index is 10.4. The van der Waals surface area contributed by atoms with Crippen LogP contribution in [-0.2, 0) is 0 Å². The Bertz CT molecular complexity index is 416. The number of nitro benzene ring substituents is 1. The van der Waals surface area contributed by atoms with Gasteiger partial charge in [-0.05, 0) is 6.07 Å². The maximum Gasteiger partial charge on any atom is 0.271 e. The lowest BCUT2D eigenvalue weighted by Gasteiger charge is -2.15. The summed E-state index contributed by atoms with van der Waals surface area (Å²) in [5.41, 5.74) is 1.04. The van der Waals surface area contributed by atoms with Gasteiger partial charge in [-0.1, -0.05) is 0 Å². The smallest absolute Gasteiger partial charge is 0.271 e. The fourth-order valence-corrected chi connectivity index (χ4v) is 1.27. The lowest BCUT2D eigenvalue weighted by Crippen LogP contribution is -2.10. The first-order valence-corrected chi connectivity index (χ1v) is 3.93. The number of aliphatic hydroxyl groups is 1. The maximum atomic E-state index is 10.4. The molecule has 1 aromatic carbocycles. The number of nitrogens with zero attached hydrogens (tertiary/aromatic N) is 2. The van der Waals surface area contributed by atoms with Crippen LogP contribution in [0.15, 0.2) is 23.2 Å². The molecule has 72 valence electrons. The number of nitrogens with one attached hydrogen (secondary N) is 1. The summed E-state index contributed by atoms with van der Waals surface area (Å²) in [7, 11) is 0. The predicted octanol–water partition coefficient (Wildman–Crippen LogP) is 1.04. The Kier molecular flexibility index (Phi) is 1.90. The van der Waals surface area contributed by atoms with Gasteiger partial charge in [-0.15, -0.1) is 0 Å². The molecule has 1 atom stereocenters. The number of aliphatic imine (C=N–C) groups is 1.